The molecule has 2 aromatic heterocycles. The van der Waals surface area contributed by atoms with Gasteiger partial charge in [-0.2, -0.15) is 15.8 Å². The fraction of sp³-hybridized carbons (Fsp3) is 0.111. The highest BCUT2D eigenvalue weighted by atomic mass is 32.1. The second-order valence-corrected chi connectivity index (χ2v) is 8.89. The molecule has 0 spiro atoms. The normalized spacial score (nSPS) is 14.5. The van der Waals surface area contributed by atoms with E-state index in [0.29, 0.717) is 5.57 Å². The van der Waals surface area contributed by atoms with Crippen LogP contribution in [0.15, 0.2) is 89.3 Å². The van der Waals surface area contributed by atoms with Crippen molar-refractivity contribution in [2.24, 2.45) is 0 Å². The zero-order valence-corrected chi connectivity index (χ0v) is 18.9. The number of nitrogens with zero attached hydrogens (tertiary/aromatic N) is 4. The van der Waals surface area contributed by atoms with Gasteiger partial charge in [0.2, 0.25) is 0 Å². The van der Waals surface area contributed by atoms with Crippen LogP contribution in [0.3, 0.4) is 0 Å². The smallest absolute Gasteiger partial charge is 0.172 e. The van der Waals surface area contributed by atoms with Crippen molar-refractivity contribution in [3.05, 3.63) is 94.2 Å². The minimum absolute atomic E-state index is 0.0456. The van der Waals surface area contributed by atoms with Crippen molar-refractivity contribution in [2.75, 3.05) is 0 Å². The van der Waals surface area contributed by atoms with Crippen molar-refractivity contribution in [1.29, 1.82) is 15.8 Å². The first kappa shape index (κ1) is 21.8. The van der Waals surface area contributed by atoms with Crippen LogP contribution in [0, 0.1) is 34.0 Å². The SMILES string of the molecule is CC1(C)OC(=C(C#N)C#N)C(C#N)=C1/C=C/c1ccc(-c2ccnc(-c3ccccc3)c2)s1. The van der Waals surface area contributed by atoms with Crippen molar-refractivity contribution in [3.63, 3.8) is 0 Å². The maximum atomic E-state index is 9.67. The maximum Gasteiger partial charge on any atom is 0.172 e. The average Bonchev–Trinajstić information content (AvgIpc) is 3.41. The predicted octanol–water partition coefficient (Wildman–Crippen LogP) is 6.42. The summed E-state index contributed by atoms with van der Waals surface area (Å²) in [5, 5.41) is 28.1. The van der Waals surface area contributed by atoms with E-state index in [-0.39, 0.29) is 16.9 Å². The number of ether oxygens (including phenoxy) is 1. The van der Waals surface area contributed by atoms with Crippen LogP contribution >= 0.6 is 11.3 Å². The first-order valence-electron chi connectivity index (χ1n) is 10.2. The highest BCUT2D eigenvalue weighted by Gasteiger charge is 2.38. The van der Waals surface area contributed by atoms with E-state index in [9.17, 15) is 15.8 Å². The van der Waals surface area contributed by atoms with E-state index < -0.39 is 5.60 Å². The van der Waals surface area contributed by atoms with Gasteiger partial charge in [0.25, 0.3) is 0 Å². The molecule has 0 fully saturated rings. The minimum atomic E-state index is -0.828. The third-order valence-electron chi connectivity index (χ3n) is 5.22. The molecule has 0 saturated carbocycles. The summed E-state index contributed by atoms with van der Waals surface area (Å²) in [6, 6.07) is 23.9. The molecule has 0 atom stereocenters. The summed E-state index contributed by atoms with van der Waals surface area (Å²) < 4.78 is 5.81. The van der Waals surface area contributed by atoms with E-state index in [4.69, 9.17) is 4.74 Å². The number of hydrogen-bond donors (Lipinski definition) is 0. The molecule has 0 saturated heterocycles. The molecule has 0 bridgehead atoms. The Morgan fingerprint density at radius 1 is 0.970 bits per heavy atom. The maximum absolute atomic E-state index is 9.67. The van der Waals surface area contributed by atoms with E-state index in [2.05, 4.69) is 23.2 Å². The molecule has 33 heavy (non-hydrogen) atoms. The third-order valence-corrected chi connectivity index (χ3v) is 6.32. The van der Waals surface area contributed by atoms with Gasteiger partial charge in [0.15, 0.2) is 11.3 Å². The Kier molecular flexibility index (Phi) is 5.92. The second-order valence-electron chi connectivity index (χ2n) is 7.77. The first-order chi connectivity index (χ1) is 16.0. The lowest BCUT2D eigenvalue weighted by Crippen LogP contribution is -2.20. The van der Waals surface area contributed by atoms with Crippen LogP contribution in [0.5, 0.6) is 0 Å². The molecule has 4 rings (SSSR count). The highest BCUT2D eigenvalue weighted by molar-refractivity contribution is 7.16. The number of benzene rings is 1. The van der Waals surface area contributed by atoms with E-state index in [1.165, 1.54) is 0 Å². The number of aromatic nitrogens is 1. The number of pyridine rings is 1. The van der Waals surface area contributed by atoms with Gasteiger partial charge in [-0.3, -0.25) is 4.98 Å². The van der Waals surface area contributed by atoms with Gasteiger partial charge in [-0.1, -0.05) is 36.4 Å². The van der Waals surface area contributed by atoms with E-state index >= 15 is 0 Å². The molecule has 1 aliphatic heterocycles. The quantitative estimate of drug-likeness (QED) is 0.431. The highest BCUT2D eigenvalue weighted by Crippen LogP contribution is 2.40. The molecule has 5 nitrogen and oxygen atoms in total. The topological polar surface area (TPSA) is 93.5 Å². The Morgan fingerprint density at radius 2 is 1.73 bits per heavy atom. The monoisotopic (exact) mass is 446 g/mol. The summed E-state index contributed by atoms with van der Waals surface area (Å²) in [4.78, 5) is 6.59. The molecule has 158 valence electrons. The van der Waals surface area contributed by atoms with E-state index in [1.54, 1.807) is 11.3 Å². The van der Waals surface area contributed by atoms with E-state index in [1.807, 2.05) is 86.8 Å². The van der Waals surface area contributed by atoms with Crippen molar-refractivity contribution < 1.29 is 4.74 Å². The number of hydrogen-bond acceptors (Lipinski definition) is 6. The molecular formula is C27H18N4OS. The summed E-state index contributed by atoms with van der Waals surface area (Å²) >= 11 is 1.62. The van der Waals surface area contributed by atoms with Crippen LogP contribution in [-0.2, 0) is 4.74 Å². The zero-order chi connectivity index (χ0) is 23.4. The molecule has 0 aliphatic carbocycles. The largest absolute Gasteiger partial charge is 0.480 e. The van der Waals surface area contributed by atoms with Gasteiger partial charge in [0, 0.05) is 27.1 Å². The Morgan fingerprint density at radius 3 is 2.42 bits per heavy atom. The predicted molar refractivity (Wildman–Crippen MR) is 128 cm³/mol. The molecule has 0 N–H and O–H groups in total. The lowest BCUT2D eigenvalue weighted by Gasteiger charge is -2.20. The fourth-order valence-corrected chi connectivity index (χ4v) is 4.50. The van der Waals surface area contributed by atoms with Crippen LogP contribution in [0.4, 0.5) is 0 Å². The lowest BCUT2D eigenvalue weighted by molar-refractivity contribution is 0.0954. The van der Waals surface area contributed by atoms with Gasteiger partial charge in [-0.15, -0.1) is 11.3 Å². The van der Waals surface area contributed by atoms with Gasteiger partial charge in [0.05, 0.1) is 5.69 Å². The van der Waals surface area contributed by atoms with E-state index in [0.717, 1.165) is 26.6 Å². The Balaban J connectivity index is 1.66. The standard InChI is InChI=1S/C27H18N4OS/c1-27(2)23(22(17-30)26(32-27)20(15-28)16-29)10-8-21-9-11-25(33-21)19-12-13-31-24(14-19)18-6-4-3-5-7-18/h3-14H,1-2H3/b10-8+. The Hall–Kier alpha value is -4.44. The third kappa shape index (κ3) is 4.32. The minimum Gasteiger partial charge on any atom is -0.480 e. The van der Waals surface area contributed by atoms with Crippen LogP contribution in [0.25, 0.3) is 27.8 Å². The molecule has 1 aromatic carbocycles. The lowest BCUT2D eigenvalue weighted by atomic mass is 9.94. The van der Waals surface area contributed by atoms with Gasteiger partial charge in [-0.05, 0) is 49.8 Å². The van der Waals surface area contributed by atoms with Gasteiger partial charge in [-0.25, -0.2) is 0 Å². The Labute approximate surface area is 196 Å². The molecule has 3 aromatic rings. The van der Waals surface area contributed by atoms with Crippen molar-refractivity contribution in [3.8, 4) is 39.9 Å². The molecule has 0 radical (unpaired) electrons. The number of allylic oxidation sites excluding steroid dienone is 2. The Bertz CT molecular complexity index is 1420. The summed E-state index contributed by atoms with van der Waals surface area (Å²) in [5.74, 6) is 0.0456. The molecule has 1 aliphatic rings. The van der Waals surface area contributed by atoms with Crippen LogP contribution in [-0.4, -0.2) is 10.6 Å². The number of thiophene rings is 1. The van der Waals surface area contributed by atoms with Crippen molar-refractivity contribution in [1.82, 2.24) is 4.98 Å². The number of nitriles is 3. The van der Waals surface area contributed by atoms with Crippen molar-refractivity contribution in [2.45, 2.75) is 19.4 Å². The molecule has 3 heterocycles. The molecule has 6 heteroatoms. The summed E-state index contributed by atoms with van der Waals surface area (Å²) in [5.41, 5.74) is 2.87. The van der Waals surface area contributed by atoms with Crippen molar-refractivity contribution >= 4 is 17.4 Å². The zero-order valence-electron chi connectivity index (χ0n) is 18.0. The molecule has 0 unspecified atom stereocenters. The van der Waals surface area contributed by atoms with Gasteiger partial charge < -0.3 is 4.74 Å². The number of rotatable bonds is 4. The summed E-state index contributed by atoms with van der Waals surface area (Å²) in [6.45, 7) is 3.62. The van der Waals surface area contributed by atoms with Crippen LogP contribution in [0.2, 0.25) is 0 Å². The molecular weight excluding hydrogens is 428 g/mol. The summed E-state index contributed by atoms with van der Waals surface area (Å²) in [7, 11) is 0. The second kappa shape index (κ2) is 8.97. The van der Waals surface area contributed by atoms with Gasteiger partial charge in [0.1, 0.15) is 29.4 Å². The summed E-state index contributed by atoms with van der Waals surface area (Å²) in [6.07, 6.45) is 5.56. The first-order valence-corrected chi connectivity index (χ1v) is 11.0. The van der Waals surface area contributed by atoms with Crippen LogP contribution < -0.4 is 0 Å². The average molecular weight is 447 g/mol. The van der Waals surface area contributed by atoms with Crippen LogP contribution in [0.1, 0.15) is 18.7 Å². The fourth-order valence-electron chi connectivity index (χ4n) is 3.60. The van der Waals surface area contributed by atoms with Gasteiger partial charge >= 0.3 is 0 Å². The molecule has 0 amide bonds.